The largest absolute Gasteiger partial charge is 0.350 e. The van der Waals surface area contributed by atoms with Crippen LogP contribution in [0.2, 0.25) is 0 Å². The number of carbonyl (C=O) groups is 1. The second-order valence-electron chi connectivity index (χ2n) is 4.55. The number of rotatable bonds is 4. The third-order valence-corrected chi connectivity index (χ3v) is 3.39. The topological polar surface area (TPSA) is 83.3 Å². The number of nitrogens with zero attached hydrogens (tertiary/aromatic N) is 2. The van der Waals surface area contributed by atoms with Gasteiger partial charge in [0.15, 0.2) is 0 Å². The van der Waals surface area contributed by atoms with Crippen molar-refractivity contribution >= 4 is 11.6 Å². The molecule has 0 aromatic carbocycles. The Morgan fingerprint density at radius 2 is 2.50 bits per heavy atom. The summed E-state index contributed by atoms with van der Waals surface area (Å²) in [6.07, 6.45) is 5.45. The molecule has 1 unspecified atom stereocenters. The first-order valence-electron chi connectivity index (χ1n) is 6.11. The highest BCUT2D eigenvalue weighted by Gasteiger charge is 2.21. The second-order valence-corrected chi connectivity index (χ2v) is 4.55. The van der Waals surface area contributed by atoms with Gasteiger partial charge in [-0.1, -0.05) is 0 Å². The van der Waals surface area contributed by atoms with Crippen LogP contribution in [-0.4, -0.2) is 42.0 Å². The minimum atomic E-state index is -0.120. The molecule has 1 aliphatic heterocycles. The van der Waals surface area contributed by atoms with Gasteiger partial charge in [0.05, 0.1) is 17.4 Å². The van der Waals surface area contributed by atoms with Gasteiger partial charge in [-0.15, -0.1) is 0 Å². The monoisotopic (exact) mass is 249 g/mol. The highest BCUT2D eigenvalue weighted by molar-refractivity contribution is 5.99. The molecule has 0 saturated carbocycles. The fourth-order valence-electron chi connectivity index (χ4n) is 2.25. The fraction of sp³-hybridized carbons (Fsp3) is 0.500. The smallest absolute Gasteiger partial charge is 0.253 e. The van der Waals surface area contributed by atoms with Gasteiger partial charge in [-0.2, -0.15) is 0 Å². The lowest BCUT2D eigenvalue weighted by Gasteiger charge is -2.20. The number of hydrogen-bond donors (Lipinski definition) is 3. The van der Waals surface area contributed by atoms with E-state index in [1.54, 1.807) is 12.3 Å². The lowest BCUT2D eigenvalue weighted by molar-refractivity contribution is 0.0944. The molecule has 2 heterocycles. The average Bonchev–Trinajstić information content (AvgIpc) is 2.81. The van der Waals surface area contributed by atoms with Gasteiger partial charge >= 0.3 is 0 Å². The number of nitrogens with one attached hydrogen (secondary N) is 2. The van der Waals surface area contributed by atoms with Gasteiger partial charge in [0.2, 0.25) is 0 Å². The molecule has 2 rings (SSSR count). The number of carbonyl (C=O) groups excluding carboxylic acids is 1. The zero-order valence-corrected chi connectivity index (χ0v) is 10.5. The number of amides is 1. The van der Waals surface area contributed by atoms with Gasteiger partial charge in [-0.05, 0) is 32.5 Å². The summed E-state index contributed by atoms with van der Waals surface area (Å²) in [7, 11) is 2.09. The quantitative estimate of drug-likeness (QED) is 0.524. The maximum Gasteiger partial charge on any atom is 0.253 e. The maximum atomic E-state index is 12.0. The van der Waals surface area contributed by atoms with E-state index in [1.165, 1.54) is 12.6 Å². The molecule has 98 valence electrons. The number of pyridine rings is 1. The van der Waals surface area contributed by atoms with Crippen LogP contribution in [0.5, 0.6) is 0 Å². The Labute approximate surface area is 107 Å². The van der Waals surface area contributed by atoms with Crippen molar-refractivity contribution in [3.63, 3.8) is 0 Å². The Morgan fingerprint density at radius 1 is 1.67 bits per heavy atom. The molecule has 0 spiro atoms. The summed E-state index contributed by atoms with van der Waals surface area (Å²) in [5, 5.41) is 2.94. The zero-order valence-electron chi connectivity index (χ0n) is 10.5. The molecule has 1 fully saturated rings. The minimum absolute atomic E-state index is 0.120. The Balaban J connectivity index is 1.95. The van der Waals surface area contributed by atoms with E-state index in [0.717, 1.165) is 13.0 Å². The number of aromatic nitrogens is 1. The van der Waals surface area contributed by atoms with Crippen LogP contribution >= 0.6 is 0 Å². The van der Waals surface area contributed by atoms with Gasteiger partial charge in [-0.25, -0.2) is 0 Å². The van der Waals surface area contributed by atoms with Gasteiger partial charge in [0.25, 0.3) is 5.91 Å². The first-order valence-corrected chi connectivity index (χ1v) is 6.11. The molecule has 0 aliphatic carbocycles. The summed E-state index contributed by atoms with van der Waals surface area (Å²) >= 11 is 0. The molecule has 6 nitrogen and oxygen atoms in total. The molecule has 1 aromatic heterocycles. The molecule has 18 heavy (non-hydrogen) atoms. The second kappa shape index (κ2) is 5.79. The third-order valence-electron chi connectivity index (χ3n) is 3.39. The van der Waals surface area contributed by atoms with E-state index in [0.29, 0.717) is 23.8 Å². The van der Waals surface area contributed by atoms with E-state index in [1.807, 2.05) is 0 Å². The summed E-state index contributed by atoms with van der Waals surface area (Å²) in [6.45, 7) is 1.77. The van der Waals surface area contributed by atoms with E-state index in [2.05, 4.69) is 27.7 Å². The zero-order chi connectivity index (χ0) is 13.0. The number of likely N-dealkylation sites (N-methyl/N-ethyl adjacent to an activating group) is 1. The summed E-state index contributed by atoms with van der Waals surface area (Å²) in [4.78, 5) is 18.2. The van der Waals surface area contributed by atoms with Crippen LogP contribution in [0.1, 0.15) is 23.2 Å². The van der Waals surface area contributed by atoms with E-state index < -0.39 is 0 Å². The van der Waals surface area contributed by atoms with Crippen LogP contribution in [0.25, 0.3) is 0 Å². The van der Waals surface area contributed by atoms with E-state index in [-0.39, 0.29) is 5.91 Å². The van der Waals surface area contributed by atoms with Gasteiger partial charge < -0.3 is 15.6 Å². The molecule has 4 N–H and O–H groups in total. The lowest BCUT2D eigenvalue weighted by atomic mass is 10.2. The summed E-state index contributed by atoms with van der Waals surface area (Å²) in [5.74, 6) is 5.23. The number of nitrogen functional groups attached to an aromatic ring is 1. The van der Waals surface area contributed by atoms with Crippen molar-refractivity contribution in [3.05, 3.63) is 24.0 Å². The first kappa shape index (κ1) is 12.8. The fourth-order valence-corrected chi connectivity index (χ4v) is 2.25. The van der Waals surface area contributed by atoms with Crippen molar-refractivity contribution in [1.29, 1.82) is 0 Å². The molecule has 1 aliphatic rings. The molecule has 1 aromatic rings. The Kier molecular flexibility index (Phi) is 4.11. The number of anilines is 1. The molecular formula is C12H19N5O. The molecule has 1 amide bonds. The summed E-state index contributed by atoms with van der Waals surface area (Å²) in [6, 6.07) is 2.09. The van der Waals surface area contributed by atoms with Gasteiger partial charge in [0, 0.05) is 18.8 Å². The van der Waals surface area contributed by atoms with Crippen LogP contribution in [0.4, 0.5) is 5.69 Å². The van der Waals surface area contributed by atoms with Crippen molar-refractivity contribution < 1.29 is 4.79 Å². The number of nitrogens with two attached hydrogens (primary N) is 1. The first-order chi connectivity index (χ1) is 8.72. The average molecular weight is 249 g/mol. The van der Waals surface area contributed by atoms with Crippen LogP contribution in [0, 0.1) is 0 Å². The molecular weight excluding hydrogens is 230 g/mol. The maximum absolute atomic E-state index is 12.0. The molecule has 1 atom stereocenters. The summed E-state index contributed by atoms with van der Waals surface area (Å²) < 4.78 is 0. The van der Waals surface area contributed by atoms with E-state index >= 15 is 0 Å². The van der Waals surface area contributed by atoms with Gasteiger partial charge in [-0.3, -0.25) is 15.6 Å². The number of likely N-dealkylation sites (tertiary alicyclic amines) is 1. The Morgan fingerprint density at radius 3 is 3.17 bits per heavy atom. The van der Waals surface area contributed by atoms with Crippen molar-refractivity contribution in [2.45, 2.75) is 18.9 Å². The predicted octanol–water partition coefficient (Wildman–Crippen LogP) is 0.191. The number of hydrogen-bond acceptors (Lipinski definition) is 5. The minimum Gasteiger partial charge on any atom is -0.350 e. The summed E-state index contributed by atoms with van der Waals surface area (Å²) in [5.41, 5.74) is 3.54. The normalized spacial score (nSPS) is 19.8. The van der Waals surface area contributed by atoms with Crippen molar-refractivity contribution in [2.24, 2.45) is 5.84 Å². The predicted molar refractivity (Wildman–Crippen MR) is 70.0 cm³/mol. The van der Waals surface area contributed by atoms with Crippen molar-refractivity contribution in [1.82, 2.24) is 15.2 Å². The molecule has 1 saturated heterocycles. The van der Waals surface area contributed by atoms with Crippen LogP contribution in [-0.2, 0) is 0 Å². The van der Waals surface area contributed by atoms with Crippen LogP contribution < -0.4 is 16.6 Å². The van der Waals surface area contributed by atoms with E-state index in [9.17, 15) is 4.79 Å². The van der Waals surface area contributed by atoms with Crippen LogP contribution in [0.15, 0.2) is 18.5 Å². The standard InChI is InChI=1S/C12H19N5O/c1-17-6-2-3-9(17)7-15-12(18)10-4-5-14-8-11(10)16-13/h4-5,8-9,16H,2-3,6-7,13H2,1H3,(H,15,18). The Bertz CT molecular complexity index is 423. The molecule has 6 heteroatoms. The highest BCUT2D eigenvalue weighted by atomic mass is 16.1. The van der Waals surface area contributed by atoms with E-state index in [4.69, 9.17) is 5.84 Å². The SMILES string of the molecule is CN1CCCC1CNC(=O)c1ccncc1NN. The van der Waals surface area contributed by atoms with Gasteiger partial charge in [0.1, 0.15) is 0 Å². The third kappa shape index (κ3) is 2.77. The number of hydrazine groups is 1. The molecule has 0 radical (unpaired) electrons. The highest BCUT2D eigenvalue weighted by Crippen LogP contribution is 2.15. The van der Waals surface area contributed by atoms with Crippen molar-refractivity contribution in [2.75, 3.05) is 25.6 Å². The molecule has 0 bridgehead atoms. The van der Waals surface area contributed by atoms with Crippen LogP contribution in [0.3, 0.4) is 0 Å². The lowest BCUT2D eigenvalue weighted by Crippen LogP contribution is -2.38. The Hall–Kier alpha value is -1.66. The van der Waals surface area contributed by atoms with Crippen molar-refractivity contribution in [3.8, 4) is 0 Å².